The first-order valence-electron chi connectivity index (χ1n) is 9.16. The predicted octanol–water partition coefficient (Wildman–Crippen LogP) is 4.93. The number of benzene rings is 2. The molecule has 2 aromatic carbocycles. The highest BCUT2D eigenvalue weighted by molar-refractivity contribution is 6.14. The highest BCUT2D eigenvalue weighted by Crippen LogP contribution is 2.35. The van der Waals surface area contributed by atoms with Gasteiger partial charge >= 0.3 is 5.97 Å². The third-order valence-electron chi connectivity index (χ3n) is 4.97. The van der Waals surface area contributed by atoms with Gasteiger partial charge in [-0.3, -0.25) is 9.59 Å². The lowest BCUT2D eigenvalue weighted by Gasteiger charge is -2.19. The third-order valence-corrected chi connectivity index (χ3v) is 4.97. The van der Waals surface area contributed by atoms with Crippen molar-refractivity contribution in [2.45, 2.75) is 32.1 Å². The number of allylic oxidation sites excluding steroid dienone is 1. The van der Waals surface area contributed by atoms with E-state index in [4.69, 9.17) is 9.47 Å². The van der Waals surface area contributed by atoms with Crippen LogP contribution in [0.25, 0.3) is 6.08 Å². The highest BCUT2D eigenvalue weighted by Gasteiger charge is 2.29. The number of halogens is 1. The molecule has 4 rings (SSSR count). The SMILES string of the molecule is O=C1C(=Cc2ccc(F)cc2)Oc2cc(OC(=O)C3CCCCC3)ccc21. The van der Waals surface area contributed by atoms with Gasteiger partial charge in [0.15, 0.2) is 5.76 Å². The van der Waals surface area contributed by atoms with E-state index < -0.39 is 0 Å². The lowest BCUT2D eigenvalue weighted by Crippen LogP contribution is -2.22. The van der Waals surface area contributed by atoms with Crippen molar-refractivity contribution in [2.24, 2.45) is 5.92 Å². The fourth-order valence-corrected chi connectivity index (χ4v) is 3.48. The first-order valence-corrected chi connectivity index (χ1v) is 9.16. The van der Waals surface area contributed by atoms with Crippen LogP contribution >= 0.6 is 0 Å². The summed E-state index contributed by atoms with van der Waals surface area (Å²) in [7, 11) is 0. The Morgan fingerprint density at radius 3 is 2.56 bits per heavy atom. The molecule has 0 N–H and O–H groups in total. The number of ketones is 1. The fraction of sp³-hybridized carbons (Fsp3) is 0.273. The molecule has 1 heterocycles. The van der Waals surface area contributed by atoms with Crippen molar-refractivity contribution in [3.05, 3.63) is 65.2 Å². The maximum absolute atomic E-state index is 13.0. The molecule has 0 amide bonds. The molecule has 0 unspecified atom stereocenters. The topological polar surface area (TPSA) is 52.6 Å². The van der Waals surface area contributed by atoms with E-state index in [0.29, 0.717) is 22.6 Å². The number of ether oxygens (including phenoxy) is 2. The van der Waals surface area contributed by atoms with E-state index in [9.17, 15) is 14.0 Å². The lowest BCUT2D eigenvalue weighted by molar-refractivity contribution is -0.139. The second-order valence-corrected chi connectivity index (χ2v) is 6.91. The molecule has 1 saturated carbocycles. The molecule has 4 nitrogen and oxygen atoms in total. The number of carbonyl (C=O) groups is 2. The van der Waals surface area contributed by atoms with Gasteiger partial charge in [0, 0.05) is 6.07 Å². The molecule has 1 aliphatic heterocycles. The van der Waals surface area contributed by atoms with E-state index >= 15 is 0 Å². The van der Waals surface area contributed by atoms with Crippen molar-refractivity contribution in [2.75, 3.05) is 0 Å². The van der Waals surface area contributed by atoms with Gasteiger partial charge in [-0.25, -0.2) is 4.39 Å². The van der Waals surface area contributed by atoms with Crippen LogP contribution in [0.15, 0.2) is 48.2 Å². The minimum atomic E-state index is -0.344. The second kappa shape index (κ2) is 7.35. The normalized spacial score (nSPS) is 18.3. The smallest absolute Gasteiger partial charge is 0.314 e. The summed E-state index contributed by atoms with van der Waals surface area (Å²) in [5, 5.41) is 0. The van der Waals surface area contributed by atoms with E-state index in [1.165, 1.54) is 18.6 Å². The van der Waals surface area contributed by atoms with Gasteiger partial charge in [-0.05, 0) is 48.7 Å². The predicted molar refractivity (Wildman–Crippen MR) is 98.0 cm³/mol. The average Bonchev–Trinajstić information content (AvgIpc) is 2.99. The molecule has 0 atom stereocenters. The van der Waals surface area contributed by atoms with Crippen LogP contribution in [0.2, 0.25) is 0 Å². The molecular formula is C22H19FO4. The standard InChI is InChI=1S/C22H19FO4/c23-16-8-6-14(7-9-16)12-20-21(24)18-11-10-17(13-19(18)27-20)26-22(25)15-4-2-1-3-5-15/h6-13,15H,1-5H2. The fourth-order valence-electron chi connectivity index (χ4n) is 3.48. The van der Waals surface area contributed by atoms with Gasteiger partial charge in [0.2, 0.25) is 5.78 Å². The van der Waals surface area contributed by atoms with E-state index in [0.717, 1.165) is 25.7 Å². The Bertz CT molecular complexity index is 908. The monoisotopic (exact) mass is 366 g/mol. The van der Waals surface area contributed by atoms with Crippen molar-refractivity contribution in [3.8, 4) is 11.5 Å². The summed E-state index contributed by atoms with van der Waals surface area (Å²) in [6, 6.07) is 10.6. The van der Waals surface area contributed by atoms with Crippen molar-refractivity contribution >= 4 is 17.8 Å². The van der Waals surface area contributed by atoms with Crippen LogP contribution in [0.3, 0.4) is 0 Å². The minimum Gasteiger partial charge on any atom is -0.452 e. The number of carbonyl (C=O) groups excluding carboxylic acids is 2. The summed E-state index contributed by atoms with van der Waals surface area (Å²) >= 11 is 0. The molecule has 27 heavy (non-hydrogen) atoms. The number of Topliss-reactive ketones (excluding diaryl/α,β-unsaturated/α-hetero) is 1. The zero-order valence-electron chi connectivity index (χ0n) is 14.7. The van der Waals surface area contributed by atoms with Gasteiger partial charge in [-0.2, -0.15) is 0 Å². The summed E-state index contributed by atoms with van der Waals surface area (Å²) in [4.78, 5) is 24.8. The summed E-state index contributed by atoms with van der Waals surface area (Å²) in [5.41, 5.74) is 1.08. The first-order chi connectivity index (χ1) is 13.1. The van der Waals surface area contributed by atoms with Crippen LogP contribution in [0.1, 0.15) is 48.0 Å². The molecule has 2 aliphatic rings. The number of hydrogen-bond acceptors (Lipinski definition) is 4. The number of rotatable bonds is 3. The largest absolute Gasteiger partial charge is 0.452 e. The molecule has 0 aromatic heterocycles. The Labute approximate surface area is 156 Å². The van der Waals surface area contributed by atoms with Crippen molar-refractivity contribution in [3.63, 3.8) is 0 Å². The Kier molecular flexibility index (Phi) is 4.75. The van der Waals surface area contributed by atoms with Crippen molar-refractivity contribution in [1.29, 1.82) is 0 Å². The van der Waals surface area contributed by atoms with Crippen LogP contribution in [-0.2, 0) is 4.79 Å². The van der Waals surface area contributed by atoms with Crippen LogP contribution in [-0.4, -0.2) is 11.8 Å². The molecule has 1 fully saturated rings. The number of fused-ring (bicyclic) bond motifs is 1. The summed E-state index contributed by atoms with van der Waals surface area (Å²) in [6.07, 6.45) is 6.57. The van der Waals surface area contributed by atoms with Crippen molar-refractivity contribution in [1.82, 2.24) is 0 Å². The number of hydrogen-bond donors (Lipinski definition) is 0. The highest BCUT2D eigenvalue weighted by atomic mass is 19.1. The summed E-state index contributed by atoms with van der Waals surface area (Å²) in [6.45, 7) is 0. The van der Waals surface area contributed by atoms with Gasteiger partial charge in [0.25, 0.3) is 0 Å². The average molecular weight is 366 g/mol. The van der Waals surface area contributed by atoms with Gasteiger partial charge in [-0.1, -0.05) is 31.4 Å². The molecular weight excluding hydrogens is 347 g/mol. The zero-order valence-corrected chi connectivity index (χ0v) is 14.7. The summed E-state index contributed by atoms with van der Waals surface area (Å²) in [5.74, 6) is 0.0300. The molecule has 0 saturated heterocycles. The maximum Gasteiger partial charge on any atom is 0.314 e. The van der Waals surface area contributed by atoms with Crippen LogP contribution in [0.5, 0.6) is 11.5 Å². The molecule has 0 radical (unpaired) electrons. The van der Waals surface area contributed by atoms with Gasteiger partial charge in [0.05, 0.1) is 11.5 Å². The zero-order chi connectivity index (χ0) is 18.8. The molecule has 0 spiro atoms. The quantitative estimate of drug-likeness (QED) is 0.439. The second-order valence-electron chi connectivity index (χ2n) is 6.91. The Morgan fingerprint density at radius 2 is 1.81 bits per heavy atom. The molecule has 5 heteroatoms. The first kappa shape index (κ1) is 17.5. The Morgan fingerprint density at radius 1 is 1.07 bits per heavy atom. The third kappa shape index (κ3) is 3.77. The van der Waals surface area contributed by atoms with Crippen molar-refractivity contribution < 1.29 is 23.5 Å². The Balaban J connectivity index is 1.50. The molecule has 0 bridgehead atoms. The summed E-state index contributed by atoms with van der Waals surface area (Å²) < 4.78 is 24.2. The van der Waals surface area contributed by atoms with Crippen LogP contribution in [0, 0.1) is 11.7 Å². The minimum absolute atomic E-state index is 0.0523. The lowest BCUT2D eigenvalue weighted by atomic mass is 9.89. The van der Waals surface area contributed by atoms with E-state index in [1.54, 1.807) is 36.4 Å². The molecule has 2 aromatic rings. The van der Waals surface area contributed by atoms with E-state index in [2.05, 4.69) is 0 Å². The number of esters is 1. The van der Waals surface area contributed by atoms with Gasteiger partial charge in [0.1, 0.15) is 17.3 Å². The van der Waals surface area contributed by atoms with E-state index in [1.807, 2.05) is 0 Å². The van der Waals surface area contributed by atoms with Gasteiger partial charge < -0.3 is 9.47 Å². The molecule has 138 valence electrons. The maximum atomic E-state index is 13.0. The Hall–Kier alpha value is -2.95. The van der Waals surface area contributed by atoms with E-state index in [-0.39, 0.29) is 29.2 Å². The van der Waals surface area contributed by atoms with Gasteiger partial charge in [-0.15, -0.1) is 0 Å². The van der Waals surface area contributed by atoms with Crippen LogP contribution in [0.4, 0.5) is 4.39 Å². The molecule has 1 aliphatic carbocycles. The van der Waals surface area contributed by atoms with Crippen LogP contribution < -0.4 is 9.47 Å².